The van der Waals surface area contributed by atoms with Crippen molar-refractivity contribution in [2.24, 2.45) is 11.7 Å². The molecule has 1 unspecified atom stereocenters. The zero-order valence-electron chi connectivity index (χ0n) is 16.3. The van der Waals surface area contributed by atoms with Crippen molar-refractivity contribution in [3.8, 4) is 0 Å². The second-order valence-electron chi connectivity index (χ2n) is 7.36. The largest absolute Gasteiger partial charge is 0.365 e. The van der Waals surface area contributed by atoms with Gasteiger partial charge in [-0.05, 0) is 37.8 Å². The average Bonchev–Trinajstić information content (AvgIpc) is 3.25. The van der Waals surface area contributed by atoms with Crippen LogP contribution in [0.25, 0.3) is 11.0 Å². The smallest absolute Gasteiger partial charge is 0.329 e. The summed E-state index contributed by atoms with van der Waals surface area (Å²) in [5, 5.41) is 7.14. The van der Waals surface area contributed by atoms with Crippen LogP contribution in [0.3, 0.4) is 0 Å². The highest BCUT2D eigenvalue weighted by molar-refractivity contribution is 5.93. The molecule has 0 radical (unpaired) electrons. The molecule has 29 heavy (non-hydrogen) atoms. The van der Waals surface area contributed by atoms with Crippen LogP contribution in [0.1, 0.15) is 29.4 Å². The van der Waals surface area contributed by atoms with Crippen molar-refractivity contribution in [2.45, 2.75) is 39.4 Å². The standard InChI is InChI=1S/C20H24N6O3/c1-2-24-15-5-3-4-6-16(15)25(20(24)29)12-18(27)22-10-13-7-8-26-17(9-13)14(11-23-26)19(21)28/h3-6,11,13H,2,7-10,12H2,1H3,(H2,21,28)(H,22,27). The Hall–Kier alpha value is -3.36. The quantitative estimate of drug-likeness (QED) is 0.631. The van der Waals surface area contributed by atoms with E-state index in [1.165, 1.54) is 10.8 Å². The Morgan fingerprint density at radius 3 is 2.66 bits per heavy atom. The Bertz CT molecular complexity index is 1140. The van der Waals surface area contributed by atoms with Gasteiger partial charge in [0.25, 0.3) is 5.91 Å². The lowest BCUT2D eigenvalue weighted by Crippen LogP contribution is -2.37. The maximum absolute atomic E-state index is 12.7. The summed E-state index contributed by atoms with van der Waals surface area (Å²) in [5.41, 5.74) is 8.08. The zero-order valence-corrected chi connectivity index (χ0v) is 16.3. The fraction of sp³-hybridized carbons (Fsp3) is 0.400. The number of nitrogens with two attached hydrogens (primary N) is 1. The molecule has 1 atom stereocenters. The molecule has 1 aliphatic rings. The van der Waals surface area contributed by atoms with Gasteiger partial charge in [0.2, 0.25) is 5.91 Å². The lowest BCUT2D eigenvalue weighted by atomic mass is 9.94. The Kier molecular flexibility index (Phi) is 4.96. The predicted octanol–water partition coefficient (Wildman–Crippen LogP) is 0.497. The number of nitrogens with zero attached hydrogens (tertiary/aromatic N) is 4. The fourth-order valence-corrected chi connectivity index (χ4v) is 4.07. The minimum Gasteiger partial charge on any atom is -0.365 e. The van der Waals surface area contributed by atoms with Crippen molar-refractivity contribution in [3.05, 3.63) is 52.2 Å². The summed E-state index contributed by atoms with van der Waals surface area (Å²) in [4.78, 5) is 36.8. The Labute approximate surface area is 167 Å². The third-order valence-corrected chi connectivity index (χ3v) is 5.58. The van der Waals surface area contributed by atoms with Crippen LogP contribution in [0.5, 0.6) is 0 Å². The second-order valence-corrected chi connectivity index (χ2v) is 7.36. The molecule has 3 heterocycles. The fourth-order valence-electron chi connectivity index (χ4n) is 4.07. The molecule has 2 aromatic heterocycles. The summed E-state index contributed by atoms with van der Waals surface area (Å²) >= 11 is 0. The van der Waals surface area contributed by atoms with E-state index in [0.29, 0.717) is 31.6 Å². The first-order valence-corrected chi connectivity index (χ1v) is 9.78. The summed E-state index contributed by atoms with van der Waals surface area (Å²) < 4.78 is 4.98. The van der Waals surface area contributed by atoms with Crippen LogP contribution in [-0.4, -0.2) is 37.3 Å². The van der Waals surface area contributed by atoms with E-state index in [1.54, 1.807) is 9.25 Å². The van der Waals surface area contributed by atoms with Gasteiger partial charge >= 0.3 is 5.69 Å². The first-order chi connectivity index (χ1) is 14.0. The average molecular weight is 396 g/mol. The molecule has 0 fully saturated rings. The van der Waals surface area contributed by atoms with E-state index in [2.05, 4.69) is 10.4 Å². The predicted molar refractivity (Wildman–Crippen MR) is 107 cm³/mol. The molecule has 0 saturated carbocycles. The molecule has 1 aliphatic heterocycles. The Morgan fingerprint density at radius 2 is 1.97 bits per heavy atom. The Balaban J connectivity index is 1.43. The van der Waals surface area contributed by atoms with Gasteiger partial charge in [-0.1, -0.05) is 12.1 Å². The van der Waals surface area contributed by atoms with E-state index in [4.69, 9.17) is 5.73 Å². The summed E-state index contributed by atoms with van der Waals surface area (Å²) in [7, 11) is 0. The summed E-state index contributed by atoms with van der Waals surface area (Å²) in [6, 6.07) is 7.48. The highest BCUT2D eigenvalue weighted by Crippen LogP contribution is 2.22. The van der Waals surface area contributed by atoms with Crippen LogP contribution >= 0.6 is 0 Å². The monoisotopic (exact) mass is 396 g/mol. The number of nitrogens with one attached hydrogen (secondary N) is 1. The van der Waals surface area contributed by atoms with Crippen LogP contribution in [0.4, 0.5) is 0 Å². The maximum atomic E-state index is 12.7. The minimum atomic E-state index is -0.484. The van der Waals surface area contributed by atoms with Crippen molar-refractivity contribution >= 4 is 22.8 Å². The van der Waals surface area contributed by atoms with Crippen LogP contribution in [0.15, 0.2) is 35.3 Å². The number of carbonyl (C=O) groups is 2. The van der Waals surface area contributed by atoms with Crippen LogP contribution in [0, 0.1) is 5.92 Å². The van der Waals surface area contributed by atoms with Gasteiger partial charge in [0.1, 0.15) is 6.54 Å². The van der Waals surface area contributed by atoms with Gasteiger partial charge in [-0.15, -0.1) is 0 Å². The van der Waals surface area contributed by atoms with Gasteiger partial charge in [0, 0.05) is 19.6 Å². The molecule has 9 nitrogen and oxygen atoms in total. The summed E-state index contributed by atoms with van der Waals surface area (Å²) in [6.45, 7) is 3.60. The first kappa shape index (κ1) is 19.0. The maximum Gasteiger partial charge on any atom is 0.329 e. The van der Waals surface area contributed by atoms with Crippen molar-refractivity contribution in [2.75, 3.05) is 6.54 Å². The Morgan fingerprint density at radius 1 is 1.24 bits per heavy atom. The molecule has 3 N–H and O–H groups in total. The van der Waals surface area contributed by atoms with Crippen molar-refractivity contribution in [1.82, 2.24) is 24.2 Å². The van der Waals surface area contributed by atoms with Crippen molar-refractivity contribution < 1.29 is 9.59 Å². The van der Waals surface area contributed by atoms with E-state index >= 15 is 0 Å². The second kappa shape index (κ2) is 7.57. The van der Waals surface area contributed by atoms with E-state index in [1.807, 2.05) is 31.2 Å². The molecular weight excluding hydrogens is 372 g/mol. The molecule has 3 aromatic rings. The number of hydrogen-bond donors (Lipinski definition) is 2. The number of imidazole rings is 1. The van der Waals surface area contributed by atoms with E-state index in [9.17, 15) is 14.4 Å². The van der Waals surface area contributed by atoms with E-state index in [-0.39, 0.29) is 24.1 Å². The minimum absolute atomic E-state index is 0.0243. The SMILES string of the molecule is CCn1c(=O)n(CC(=O)NCC2CCn3ncc(C(N)=O)c3C2)c2ccccc21. The molecule has 0 saturated heterocycles. The summed E-state index contributed by atoms with van der Waals surface area (Å²) in [5.74, 6) is -0.502. The number of hydrogen-bond acceptors (Lipinski definition) is 4. The van der Waals surface area contributed by atoms with Gasteiger partial charge in [0.15, 0.2) is 0 Å². The number of fused-ring (bicyclic) bond motifs is 2. The first-order valence-electron chi connectivity index (χ1n) is 9.78. The summed E-state index contributed by atoms with van der Waals surface area (Å²) in [6.07, 6.45) is 2.99. The van der Waals surface area contributed by atoms with E-state index < -0.39 is 5.91 Å². The number of benzene rings is 1. The third kappa shape index (κ3) is 3.43. The molecule has 0 bridgehead atoms. The number of aryl methyl sites for hydroxylation is 2. The molecule has 9 heteroatoms. The number of carbonyl (C=O) groups excluding carboxylic acids is 2. The van der Waals surface area contributed by atoms with Crippen LogP contribution in [0.2, 0.25) is 0 Å². The van der Waals surface area contributed by atoms with Crippen LogP contribution in [-0.2, 0) is 30.8 Å². The number of primary amides is 1. The lowest BCUT2D eigenvalue weighted by molar-refractivity contribution is -0.121. The molecule has 152 valence electrons. The molecule has 4 rings (SSSR count). The topological polar surface area (TPSA) is 117 Å². The van der Waals surface area contributed by atoms with Crippen molar-refractivity contribution in [1.29, 1.82) is 0 Å². The van der Waals surface area contributed by atoms with Crippen LogP contribution < -0.4 is 16.7 Å². The van der Waals surface area contributed by atoms with Gasteiger partial charge in [-0.25, -0.2) is 4.79 Å². The number of amides is 2. The molecule has 0 aliphatic carbocycles. The molecule has 2 amide bonds. The normalized spacial score (nSPS) is 16.0. The highest BCUT2D eigenvalue weighted by atomic mass is 16.2. The van der Waals surface area contributed by atoms with Gasteiger partial charge in [0.05, 0.1) is 28.5 Å². The third-order valence-electron chi connectivity index (χ3n) is 5.58. The molecular formula is C20H24N6O3. The highest BCUT2D eigenvalue weighted by Gasteiger charge is 2.25. The van der Waals surface area contributed by atoms with Gasteiger partial charge in [-0.2, -0.15) is 5.10 Å². The van der Waals surface area contributed by atoms with Crippen molar-refractivity contribution in [3.63, 3.8) is 0 Å². The molecule has 0 spiro atoms. The number of aromatic nitrogens is 4. The molecule has 1 aromatic carbocycles. The number of rotatable bonds is 6. The van der Waals surface area contributed by atoms with E-state index in [0.717, 1.165) is 23.1 Å². The number of para-hydroxylation sites is 2. The van der Waals surface area contributed by atoms with Gasteiger partial charge in [-0.3, -0.25) is 23.4 Å². The van der Waals surface area contributed by atoms with Gasteiger partial charge < -0.3 is 11.1 Å². The lowest BCUT2D eigenvalue weighted by Gasteiger charge is -2.24. The zero-order chi connectivity index (χ0) is 20.5.